The van der Waals surface area contributed by atoms with Crippen molar-refractivity contribution in [1.29, 1.82) is 0 Å². The number of rotatable bonds is 9. The van der Waals surface area contributed by atoms with Gasteiger partial charge in [0.1, 0.15) is 0 Å². The van der Waals surface area contributed by atoms with Gasteiger partial charge in [0, 0.05) is 25.7 Å². The Bertz CT molecular complexity index is 850. The van der Waals surface area contributed by atoms with Gasteiger partial charge in [-0.2, -0.15) is 0 Å². The van der Waals surface area contributed by atoms with E-state index in [1.54, 1.807) is 36.4 Å². The van der Waals surface area contributed by atoms with Crippen molar-refractivity contribution in [3.63, 3.8) is 0 Å². The first-order valence-corrected chi connectivity index (χ1v) is 10.5. The molecule has 0 saturated carbocycles. The zero-order valence-corrected chi connectivity index (χ0v) is 16.9. The molecule has 1 N–H and O–H groups in total. The minimum absolute atomic E-state index is 0.0882. The van der Waals surface area contributed by atoms with Crippen LogP contribution in [0.15, 0.2) is 59.5 Å². The molecule has 27 heavy (non-hydrogen) atoms. The Morgan fingerprint density at radius 2 is 1.67 bits per heavy atom. The van der Waals surface area contributed by atoms with E-state index in [2.05, 4.69) is 24.1 Å². The third kappa shape index (κ3) is 5.30. The Labute approximate surface area is 161 Å². The van der Waals surface area contributed by atoms with Crippen molar-refractivity contribution in [2.45, 2.75) is 18.7 Å². The SMILES string of the molecule is CCN(CC)CCNC(=O)c1cccc(S(=O)(=O)N(C)c2ccccc2)c1. The zero-order valence-electron chi connectivity index (χ0n) is 16.1. The van der Waals surface area contributed by atoms with Crippen molar-refractivity contribution in [1.82, 2.24) is 10.2 Å². The van der Waals surface area contributed by atoms with Crippen molar-refractivity contribution < 1.29 is 13.2 Å². The summed E-state index contributed by atoms with van der Waals surface area (Å²) >= 11 is 0. The summed E-state index contributed by atoms with van der Waals surface area (Å²) in [7, 11) is -2.24. The molecule has 0 spiro atoms. The number of anilines is 1. The maximum atomic E-state index is 12.9. The molecule has 0 saturated heterocycles. The molecule has 6 nitrogen and oxygen atoms in total. The van der Waals surface area contributed by atoms with Gasteiger partial charge in [0.15, 0.2) is 0 Å². The van der Waals surface area contributed by atoms with Crippen molar-refractivity contribution in [2.75, 3.05) is 37.5 Å². The van der Waals surface area contributed by atoms with Crippen LogP contribution in [-0.4, -0.2) is 52.5 Å². The van der Waals surface area contributed by atoms with Gasteiger partial charge in [-0.3, -0.25) is 9.10 Å². The number of nitrogens with one attached hydrogen (secondary N) is 1. The lowest BCUT2D eigenvalue weighted by Gasteiger charge is -2.20. The fourth-order valence-corrected chi connectivity index (χ4v) is 3.94. The fraction of sp³-hybridized carbons (Fsp3) is 0.350. The van der Waals surface area contributed by atoms with Crippen LogP contribution in [0.3, 0.4) is 0 Å². The molecule has 7 heteroatoms. The Balaban J connectivity index is 2.13. The number of hydrogen-bond acceptors (Lipinski definition) is 4. The average molecular weight is 390 g/mol. The predicted octanol–water partition coefficient (Wildman–Crippen LogP) is 2.58. The van der Waals surface area contributed by atoms with Crippen LogP contribution >= 0.6 is 0 Å². The van der Waals surface area contributed by atoms with Crippen LogP contribution < -0.4 is 9.62 Å². The molecule has 0 atom stereocenters. The fourth-order valence-electron chi connectivity index (χ4n) is 2.70. The minimum Gasteiger partial charge on any atom is -0.351 e. The van der Waals surface area contributed by atoms with Gasteiger partial charge in [-0.15, -0.1) is 0 Å². The zero-order chi connectivity index (χ0) is 19.9. The van der Waals surface area contributed by atoms with E-state index >= 15 is 0 Å². The molecule has 2 aromatic carbocycles. The normalized spacial score (nSPS) is 11.4. The van der Waals surface area contributed by atoms with E-state index in [1.807, 2.05) is 6.07 Å². The summed E-state index contributed by atoms with van der Waals surface area (Å²) in [5, 5.41) is 2.85. The number of carbonyl (C=O) groups is 1. The number of amides is 1. The van der Waals surface area contributed by atoms with Crippen LogP contribution in [-0.2, 0) is 10.0 Å². The topological polar surface area (TPSA) is 69.7 Å². The van der Waals surface area contributed by atoms with Gasteiger partial charge in [-0.25, -0.2) is 8.42 Å². The van der Waals surface area contributed by atoms with E-state index in [1.165, 1.54) is 23.5 Å². The molecule has 0 fully saturated rings. The van der Waals surface area contributed by atoms with Gasteiger partial charge >= 0.3 is 0 Å². The number of benzene rings is 2. The summed E-state index contributed by atoms with van der Waals surface area (Å²) in [6.45, 7) is 7.26. The summed E-state index contributed by atoms with van der Waals surface area (Å²) in [4.78, 5) is 14.7. The summed E-state index contributed by atoms with van der Waals surface area (Å²) in [6.07, 6.45) is 0. The van der Waals surface area contributed by atoms with Gasteiger partial charge in [0.25, 0.3) is 15.9 Å². The number of hydrogen-bond donors (Lipinski definition) is 1. The largest absolute Gasteiger partial charge is 0.351 e. The molecule has 0 aliphatic carbocycles. The summed E-state index contributed by atoms with van der Waals surface area (Å²) in [6, 6.07) is 15.0. The smallest absolute Gasteiger partial charge is 0.264 e. The third-order valence-electron chi connectivity index (χ3n) is 4.48. The van der Waals surface area contributed by atoms with Crippen molar-refractivity contribution in [3.05, 3.63) is 60.2 Å². The van der Waals surface area contributed by atoms with E-state index < -0.39 is 10.0 Å². The average Bonchev–Trinajstić information content (AvgIpc) is 2.71. The van der Waals surface area contributed by atoms with Gasteiger partial charge in [-0.05, 0) is 43.4 Å². The maximum Gasteiger partial charge on any atom is 0.264 e. The molecule has 2 aromatic rings. The molecule has 0 aliphatic rings. The molecular weight excluding hydrogens is 362 g/mol. The Morgan fingerprint density at radius 3 is 2.30 bits per heavy atom. The highest BCUT2D eigenvalue weighted by molar-refractivity contribution is 7.92. The summed E-state index contributed by atoms with van der Waals surface area (Å²) < 4.78 is 27.0. The van der Waals surface area contributed by atoms with Crippen LogP contribution in [0.4, 0.5) is 5.69 Å². The van der Waals surface area contributed by atoms with Crippen LogP contribution in [0.1, 0.15) is 24.2 Å². The second-order valence-corrected chi connectivity index (χ2v) is 8.09. The first-order chi connectivity index (χ1) is 12.9. The van der Waals surface area contributed by atoms with E-state index in [9.17, 15) is 13.2 Å². The van der Waals surface area contributed by atoms with E-state index in [0.717, 1.165) is 19.6 Å². The van der Waals surface area contributed by atoms with Gasteiger partial charge < -0.3 is 10.2 Å². The van der Waals surface area contributed by atoms with Crippen LogP contribution in [0, 0.1) is 0 Å². The van der Waals surface area contributed by atoms with Crippen LogP contribution in [0.25, 0.3) is 0 Å². The standard InChI is InChI=1S/C20H27N3O3S/c1-4-23(5-2)15-14-21-20(24)17-10-9-13-19(16-17)27(25,26)22(3)18-11-7-6-8-12-18/h6-13,16H,4-5,14-15H2,1-3H3,(H,21,24). The summed E-state index contributed by atoms with van der Waals surface area (Å²) in [5.74, 6) is -0.276. The first kappa shape index (κ1) is 20.9. The molecule has 0 unspecified atom stereocenters. The number of nitrogens with zero attached hydrogens (tertiary/aromatic N) is 2. The quantitative estimate of drug-likeness (QED) is 0.716. The predicted molar refractivity (Wildman–Crippen MR) is 109 cm³/mol. The van der Waals surface area contributed by atoms with Crippen molar-refractivity contribution in [3.8, 4) is 0 Å². The highest BCUT2D eigenvalue weighted by atomic mass is 32.2. The Morgan fingerprint density at radius 1 is 1.00 bits per heavy atom. The minimum atomic E-state index is -3.74. The van der Waals surface area contributed by atoms with Crippen molar-refractivity contribution in [2.24, 2.45) is 0 Å². The second kappa shape index (κ2) is 9.53. The van der Waals surface area contributed by atoms with E-state index in [-0.39, 0.29) is 10.8 Å². The monoisotopic (exact) mass is 389 g/mol. The van der Waals surface area contributed by atoms with Gasteiger partial charge in [-0.1, -0.05) is 38.1 Å². The molecule has 0 heterocycles. The molecule has 0 aromatic heterocycles. The highest BCUT2D eigenvalue weighted by Gasteiger charge is 2.22. The number of likely N-dealkylation sites (N-methyl/N-ethyl adjacent to an activating group) is 1. The molecule has 2 rings (SSSR count). The van der Waals surface area contributed by atoms with E-state index in [0.29, 0.717) is 17.8 Å². The maximum absolute atomic E-state index is 12.9. The van der Waals surface area contributed by atoms with Gasteiger partial charge in [0.2, 0.25) is 0 Å². The van der Waals surface area contributed by atoms with Crippen molar-refractivity contribution >= 4 is 21.6 Å². The Kier molecular flexibility index (Phi) is 7.38. The van der Waals surface area contributed by atoms with Gasteiger partial charge in [0.05, 0.1) is 10.6 Å². The lowest BCUT2D eigenvalue weighted by molar-refractivity contribution is 0.0948. The molecule has 146 valence electrons. The third-order valence-corrected chi connectivity index (χ3v) is 6.26. The lowest BCUT2D eigenvalue weighted by Crippen LogP contribution is -2.35. The van der Waals surface area contributed by atoms with Crippen LogP contribution in [0.5, 0.6) is 0 Å². The molecule has 0 radical (unpaired) electrons. The first-order valence-electron chi connectivity index (χ1n) is 9.04. The number of carbonyl (C=O) groups excluding carboxylic acids is 1. The number of para-hydroxylation sites is 1. The second-order valence-electron chi connectivity index (χ2n) is 6.12. The molecule has 1 amide bonds. The Hall–Kier alpha value is -2.38. The number of sulfonamides is 1. The van der Waals surface area contributed by atoms with Crippen LogP contribution in [0.2, 0.25) is 0 Å². The van der Waals surface area contributed by atoms with E-state index in [4.69, 9.17) is 0 Å². The lowest BCUT2D eigenvalue weighted by atomic mass is 10.2. The molecular formula is C20H27N3O3S. The highest BCUT2D eigenvalue weighted by Crippen LogP contribution is 2.22. The molecule has 0 aliphatic heterocycles. The summed E-state index contributed by atoms with van der Waals surface area (Å²) in [5.41, 5.74) is 0.892. The molecule has 0 bridgehead atoms.